The molecule has 1 heterocycles. The van der Waals surface area contributed by atoms with Gasteiger partial charge in [-0.15, -0.1) is 0 Å². The Bertz CT molecular complexity index is 907. The second-order valence-corrected chi connectivity index (χ2v) is 6.70. The first-order valence-corrected chi connectivity index (χ1v) is 8.68. The highest BCUT2D eigenvalue weighted by atomic mass is 35.5. The fourth-order valence-electron chi connectivity index (χ4n) is 2.85. The summed E-state index contributed by atoms with van der Waals surface area (Å²) in [6, 6.07) is 8.52. The van der Waals surface area contributed by atoms with Gasteiger partial charge in [0.15, 0.2) is 11.5 Å². The SMILES string of the molecule is O=C(NC1CC1)c1ccc(-c2cc3c(c(C(=O)O)c2)OCCO3)cc1Cl. The molecule has 134 valence electrons. The van der Waals surface area contributed by atoms with E-state index in [2.05, 4.69) is 5.32 Å². The molecule has 1 aliphatic carbocycles. The lowest BCUT2D eigenvalue weighted by molar-refractivity contribution is 0.0686. The van der Waals surface area contributed by atoms with Gasteiger partial charge in [-0.1, -0.05) is 17.7 Å². The van der Waals surface area contributed by atoms with Crippen LogP contribution in [-0.4, -0.2) is 36.2 Å². The molecule has 0 bridgehead atoms. The molecule has 0 spiro atoms. The minimum absolute atomic E-state index is 0.0314. The number of carboxylic acid groups (broad SMARTS) is 1. The van der Waals surface area contributed by atoms with Gasteiger partial charge in [0.1, 0.15) is 18.8 Å². The van der Waals surface area contributed by atoms with Crippen molar-refractivity contribution >= 4 is 23.5 Å². The molecular weight excluding hydrogens is 358 g/mol. The molecule has 7 heteroatoms. The van der Waals surface area contributed by atoms with Crippen LogP contribution in [0.25, 0.3) is 11.1 Å². The summed E-state index contributed by atoms with van der Waals surface area (Å²) < 4.78 is 11.0. The Labute approximate surface area is 154 Å². The van der Waals surface area contributed by atoms with Crippen LogP contribution in [0.5, 0.6) is 11.5 Å². The van der Waals surface area contributed by atoms with Gasteiger partial charge in [-0.25, -0.2) is 4.79 Å². The second kappa shape index (κ2) is 6.53. The number of aromatic carboxylic acids is 1. The third-order valence-electron chi connectivity index (χ3n) is 4.33. The van der Waals surface area contributed by atoms with Crippen molar-refractivity contribution in [1.82, 2.24) is 5.32 Å². The van der Waals surface area contributed by atoms with Crippen LogP contribution in [0.4, 0.5) is 0 Å². The standard InChI is InChI=1S/C19H16ClNO5/c20-15-8-10(1-4-13(15)18(22)21-12-2-3-12)11-7-14(19(23)24)17-16(9-11)25-5-6-26-17/h1,4,7-9,12H,2-3,5-6H2,(H,21,22)(H,23,24). The van der Waals surface area contributed by atoms with Crippen LogP contribution in [0, 0.1) is 0 Å². The Morgan fingerprint density at radius 2 is 1.81 bits per heavy atom. The molecule has 0 radical (unpaired) electrons. The Kier molecular flexibility index (Phi) is 4.20. The first-order chi connectivity index (χ1) is 12.5. The summed E-state index contributed by atoms with van der Waals surface area (Å²) in [5.74, 6) is -0.672. The first kappa shape index (κ1) is 16.7. The summed E-state index contributed by atoms with van der Waals surface area (Å²) in [6.45, 7) is 0.666. The topological polar surface area (TPSA) is 84.9 Å². The number of halogens is 1. The summed E-state index contributed by atoms with van der Waals surface area (Å²) in [4.78, 5) is 23.7. The largest absolute Gasteiger partial charge is 0.486 e. The van der Waals surface area contributed by atoms with Gasteiger partial charge < -0.3 is 19.9 Å². The fraction of sp³-hybridized carbons (Fsp3) is 0.263. The molecular formula is C19H16ClNO5. The zero-order valence-electron chi connectivity index (χ0n) is 13.8. The molecule has 4 rings (SSSR count). The van der Waals surface area contributed by atoms with Crippen LogP contribution in [0.1, 0.15) is 33.6 Å². The van der Waals surface area contributed by atoms with Crippen molar-refractivity contribution in [3.8, 4) is 22.6 Å². The van der Waals surface area contributed by atoms with E-state index in [1.807, 2.05) is 0 Å². The normalized spacial score (nSPS) is 15.4. The molecule has 1 amide bonds. The minimum Gasteiger partial charge on any atom is -0.486 e. The number of benzene rings is 2. The lowest BCUT2D eigenvalue weighted by Gasteiger charge is -2.21. The van der Waals surface area contributed by atoms with Crippen LogP contribution < -0.4 is 14.8 Å². The van der Waals surface area contributed by atoms with Crippen molar-refractivity contribution in [2.75, 3.05) is 13.2 Å². The van der Waals surface area contributed by atoms with Crippen LogP contribution >= 0.6 is 11.6 Å². The molecule has 0 atom stereocenters. The third-order valence-corrected chi connectivity index (χ3v) is 4.64. The number of fused-ring (bicyclic) bond motifs is 1. The number of rotatable bonds is 4. The second-order valence-electron chi connectivity index (χ2n) is 6.30. The number of nitrogens with one attached hydrogen (secondary N) is 1. The van der Waals surface area contributed by atoms with Gasteiger partial charge in [0.05, 0.1) is 10.6 Å². The van der Waals surface area contributed by atoms with Gasteiger partial charge in [-0.05, 0) is 48.2 Å². The van der Waals surface area contributed by atoms with Crippen LogP contribution in [-0.2, 0) is 0 Å². The van der Waals surface area contributed by atoms with E-state index in [0.717, 1.165) is 12.8 Å². The number of hydrogen-bond acceptors (Lipinski definition) is 4. The molecule has 2 aromatic carbocycles. The van der Waals surface area contributed by atoms with E-state index in [4.69, 9.17) is 21.1 Å². The van der Waals surface area contributed by atoms with E-state index in [9.17, 15) is 14.7 Å². The summed E-state index contributed by atoms with van der Waals surface area (Å²) in [7, 11) is 0. The van der Waals surface area contributed by atoms with Crippen molar-refractivity contribution in [2.24, 2.45) is 0 Å². The predicted molar refractivity (Wildman–Crippen MR) is 95.3 cm³/mol. The first-order valence-electron chi connectivity index (χ1n) is 8.30. The Balaban J connectivity index is 1.71. The van der Waals surface area contributed by atoms with Crippen molar-refractivity contribution in [1.29, 1.82) is 0 Å². The molecule has 0 saturated heterocycles. The van der Waals surface area contributed by atoms with E-state index < -0.39 is 5.97 Å². The van der Waals surface area contributed by atoms with Crippen LogP contribution in [0.2, 0.25) is 5.02 Å². The molecule has 0 unspecified atom stereocenters. The van der Waals surface area contributed by atoms with Crippen molar-refractivity contribution in [3.63, 3.8) is 0 Å². The molecule has 1 fully saturated rings. The Morgan fingerprint density at radius 1 is 1.04 bits per heavy atom. The minimum atomic E-state index is -1.10. The molecule has 2 aliphatic rings. The summed E-state index contributed by atoms with van der Waals surface area (Å²) in [5.41, 5.74) is 1.75. The van der Waals surface area contributed by atoms with Gasteiger partial charge in [0.2, 0.25) is 0 Å². The van der Waals surface area contributed by atoms with Crippen LogP contribution in [0.3, 0.4) is 0 Å². The highest BCUT2D eigenvalue weighted by molar-refractivity contribution is 6.34. The molecule has 1 aliphatic heterocycles. The zero-order valence-corrected chi connectivity index (χ0v) is 14.5. The third kappa shape index (κ3) is 3.20. The summed E-state index contributed by atoms with van der Waals surface area (Å²) in [6.07, 6.45) is 1.99. The predicted octanol–water partition coefficient (Wildman–Crippen LogP) is 3.37. The molecule has 1 saturated carbocycles. The van der Waals surface area contributed by atoms with Gasteiger partial charge in [-0.2, -0.15) is 0 Å². The number of ether oxygens (including phenoxy) is 2. The molecule has 6 nitrogen and oxygen atoms in total. The maximum Gasteiger partial charge on any atom is 0.339 e. The number of carbonyl (C=O) groups excluding carboxylic acids is 1. The lowest BCUT2D eigenvalue weighted by Crippen LogP contribution is -2.25. The van der Waals surface area contributed by atoms with Crippen molar-refractivity contribution < 1.29 is 24.2 Å². The molecule has 2 N–H and O–H groups in total. The zero-order chi connectivity index (χ0) is 18.3. The molecule has 0 aromatic heterocycles. The number of hydrogen-bond donors (Lipinski definition) is 2. The quantitative estimate of drug-likeness (QED) is 0.858. The average Bonchev–Trinajstić information content (AvgIpc) is 3.44. The number of carboxylic acids is 1. The van der Waals surface area contributed by atoms with E-state index in [0.29, 0.717) is 40.7 Å². The highest BCUT2D eigenvalue weighted by Crippen LogP contribution is 2.39. The van der Waals surface area contributed by atoms with Gasteiger partial charge in [0.25, 0.3) is 5.91 Å². The number of carbonyl (C=O) groups is 2. The monoisotopic (exact) mass is 373 g/mol. The lowest BCUT2D eigenvalue weighted by atomic mass is 10.00. The van der Waals surface area contributed by atoms with Crippen LogP contribution in [0.15, 0.2) is 30.3 Å². The Morgan fingerprint density at radius 3 is 2.50 bits per heavy atom. The smallest absolute Gasteiger partial charge is 0.339 e. The maximum atomic E-state index is 12.2. The van der Waals surface area contributed by atoms with Crippen molar-refractivity contribution in [2.45, 2.75) is 18.9 Å². The van der Waals surface area contributed by atoms with E-state index in [1.165, 1.54) is 6.07 Å². The van der Waals surface area contributed by atoms with Crippen molar-refractivity contribution in [3.05, 3.63) is 46.5 Å². The van der Waals surface area contributed by atoms with E-state index in [1.54, 1.807) is 24.3 Å². The summed E-state index contributed by atoms with van der Waals surface area (Å²) in [5, 5.41) is 12.7. The van der Waals surface area contributed by atoms with Gasteiger partial charge >= 0.3 is 5.97 Å². The van der Waals surface area contributed by atoms with Gasteiger partial charge in [-0.3, -0.25) is 4.79 Å². The molecule has 26 heavy (non-hydrogen) atoms. The fourth-order valence-corrected chi connectivity index (χ4v) is 3.12. The van der Waals surface area contributed by atoms with E-state index >= 15 is 0 Å². The summed E-state index contributed by atoms with van der Waals surface area (Å²) >= 11 is 6.29. The highest BCUT2D eigenvalue weighted by Gasteiger charge is 2.25. The number of amides is 1. The van der Waals surface area contributed by atoms with Gasteiger partial charge in [0, 0.05) is 6.04 Å². The molecule has 2 aromatic rings. The average molecular weight is 374 g/mol. The maximum absolute atomic E-state index is 12.2. The Hall–Kier alpha value is -2.73. The van der Waals surface area contributed by atoms with E-state index in [-0.39, 0.29) is 23.3 Å².